The van der Waals surface area contributed by atoms with Crippen molar-refractivity contribution < 1.29 is 18.7 Å². The van der Waals surface area contributed by atoms with E-state index in [1.54, 1.807) is 6.07 Å². The summed E-state index contributed by atoms with van der Waals surface area (Å²) in [5.74, 6) is -1.16. The molecule has 0 saturated carbocycles. The van der Waals surface area contributed by atoms with E-state index in [0.29, 0.717) is 11.1 Å². The lowest BCUT2D eigenvalue weighted by Gasteiger charge is -2.06. The summed E-state index contributed by atoms with van der Waals surface area (Å²) in [5.41, 5.74) is 3.72. The molecule has 140 valence electrons. The number of ether oxygens (including phenoxy) is 1. The van der Waals surface area contributed by atoms with Crippen molar-refractivity contribution in [3.05, 3.63) is 69.7 Å². The minimum atomic E-state index is -0.528. The van der Waals surface area contributed by atoms with Gasteiger partial charge in [-0.3, -0.25) is 14.2 Å². The number of aromatic nitrogens is 2. The average molecular weight is 386 g/mol. The smallest absolute Gasteiger partial charge is 0.310 e. The fraction of sp³-hybridized carbons (Fsp3) is 0.250. The highest BCUT2D eigenvalue weighted by Gasteiger charge is 2.19. The Morgan fingerprint density at radius 2 is 1.89 bits per heavy atom. The van der Waals surface area contributed by atoms with Crippen molar-refractivity contribution in [2.75, 3.05) is 6.61 Å². The molecule has 0 spiro atoms. The highest BCUT2D eigenvalue weighted by molar-refractivity contribution is 7.12. The molecule has 0 unspecified atom stereocenters. The first-order valence-electron chi connectivity index (χ1n) is 8.40. The zero-order chi connectivity index (χ0) is 19.6. The number of hydrogen-bond acceptors (Lipinski definition) is 5. The number of ketones is 1. The molecule has 0 radical (unpaired) electrons. The lowest BCUT2D eigenvalue weighted by Crippen LogP contribution is -2.16. The normalized spacial score (nSPS) is 10.8. The summed E-state index contributed by atoms with van der Waals surface area (Å²) < 4.78 is 19.9. The van der Waals surface area contributed by atoms with Crippen molar-refractivity contribution in [1.29, 1.82) is 0 Å². The molecule has 0 aliphatic rings. The molecule has 2 aromatic heterocycles. The van der Waals surface area contributed by atoms with Gasteiger partial charge in [-0.2, -0.15) is 0 Å². The van der Waals surface area contributed by atoms with E-state index in [4.69, 9.17) is 4.74 Å². The second-order valence-corrected chi connectivity index (χ2v) is 7.12. The van der Waals surface area contributed by atoms with Gasteiger partial charge in [-0.15, -0.1) is 11.3 Å². The largest absolute Gasteiger partial charge is 0.457 e. The number of hydrogen-bond donors (Lipinski definition) is 0. The first-order valence-corrected chi connectivity index (χ1v) is 9.28. The maximum atomic E-state index is 12.9. The minimum Gasteiger partial charge on any atom is -0.457 e. The summed E-state index contributed by atoms with van der Waals surface area (Å²) >= 11 is 1.50. The number of aryl methyl sites for hydroxylation is 2. The van der Waals surface area contributed by atoms with Gasteiger partial charge in [-0.25, -0.2) is 9.37 Å². The number of Topliss-reactive ketones (excluding diaryl/α,β-unsaturated/α-hetero) is 1. The molecule has 0 aliphatic carbocycles. The zero-order valence-corrected chi connectivity index (χ0v) is 16.1. The Bertz CT molecular complexity index is 989. The Labute approximate surface area is 160 Å². The van der Waals surface area contributed by atoms with Gasteiger partial charge >= 0.3 is 5.97 Å². The zero-order valence-electron chi connectivity index (χ0n) is 15.3. The summed E-state index contributed by atoms with van der Waals surface area (Å²) in [6.45, 7) is 5.33. The van der Waals surface area contributed by atoms with Gasteiger partial charge in [0.2, 0.25) is 5.78 Å². The van der Waals surface area contributed by atoms with Crippen LogP contribution in [0.25, 0.3) is 5.13 Å². The Hall–Kier alpha value is -2.80. The molecule has 5 nitrogen and oxygen atoms in total. The van der Waals surface area contributed by atoms with Crippen LogP contribution in [-0.2, 0) is 16.0 Å². The van der Waals surface area contributed by atoms with E-state index >= 15 is 0 Å². The molecule has 0 fully saturated rings. The predicted octanol–water partition coefficient (Wildman–Crippen LogP) is 3.97. The van der Waals surface area contributed by atoms with Crippen LogP contribution in [0, 0.1) is 26.6 Å². The quantitative estimate of drug-likeness (QED) is 0.475. The van der Waals surface area contributed by atoms with Crippen LogP contribution >= 0.6 is 11.3 Å². The van der Waals surface area contributed by atoms with Gasteiger partial charge in [0, 0.05) is 22.3 Å². The van der Waals surface area contributed by atoms with Gasteiger partial charge in [-0.05, 0) is 44.5 Å². The molecule has 0 amide bonds. The first kappa shape index (κ1) is 19.0. The molecule has 0 atom stereocenters. The number of nitrogens with zero attached hydrogens (tertiary/aromatic N) is 2. The van der Waals surface area contributed by atoms with E-state index in [-0.39, 0.29) is 24.6 Å². The Balaban J connectivity index is 1.66. The number of thiazole rings is 1. The summed E-state index contributed by atoms with van der Waals surface area (Å²) in [6.07, 6.45) is -0.00895. The van der Waals surface area contributed by atoms with Gasteiger partial charge < -0.3 is 4.74 Å². The third kappa shape index (κ3) is 4.31. The molecule has 27 heavy (non-hydrogen) atoms. The molecule has 3 aromatic rings. The van der Waals surface area contributed by atoms with Crippen LogP contribution in [0.1, 0.15) is 33.0 Å². The fourth-order valence-electron chi connectivity index (χ4n) is 2.83. The molecule has 3 rings (SSSR count). The molecule has 0 saturated heterocycles. The standard InChI is InChI=1S/C20H19FN2O3S/c1-12-11-27-20(22-12)23-13(2)8-17(14(23)3)18(24)10-26-19(25)9-15-4-6-16(21)7-5-15/h4-8,11H,9-10H2,1-3H3. The molecular weight excluding hydrogens is 367 g/mol. The molecule has 0 N–H and O–H groups in total. The van der Waals surface area contributed by atoms with Gasteiger partial charge in [-0.1, -0.05) is 12.1 Å². The average Bonchev–Trinajstić information content (AvgIpc) is 3.17. The number of halogens is 1. The SMILES string of the molecule is Cc1csc(-n2c(C)cc(C(=O)COC(=O)Cc3ccc(F)cc3)c2C)n1. The number of benzene rings is 1. The van der Waals surface area contributed by atoms with Crippen molar-refractivity contribution in [2.24, 2.45) is 0 Å². The minimum absolute atomic E-state index is 0.00895. The lowest BCUT2D eigenvalue weighted by atomic mass is 10.1. The second-order valence-electron chi connectivity index (χ2n) is 6.28. The van der Waals surface area contributed by atoms with Crippen molar-refractivity contribution in [1.82, 2.24) is 9.55 Å². The van der Waals surface area contributed by atoms with Crippen molar-refractivity contribution >= 4 is 23.1 Å². The molecule has 0 bridgehead atoms. The topological polar surface area (TPSA) is 61.2 Å². The number of carbonyl (C=O) groups excluding carboxylic acids is 2. The maximum absolute atomic E-state index is 12.9. The molecule has 1 aromatic carbocycles. The van der Waals surface area contributed by atoms with Crippen LogP contribution in [0.15, 0.2) is 35.7 Å². The van der Waals surface area contributed by atoms with E-state index < -0.39 is 5.97 Å². The third-order valence-electron chi connectivity index (χ3n) is 4.16. The lowest BCUT2D eigenvalue weighted by molar-refractivity contribution is -0.141. The van der Waals surface area contributed by atoms with Gasteiger partial charge in [0.1, 0.15) is 5.82 Å². The van der Waals surface area contributed by atoms with Crippen LogP contribution < -0.4 is 0 Å². The Morgan fingerprint density at radius 3 is 2.52 bits per heavy atom. The molecular formula is C20H19FN2O3S. The summed E-state index contributed by atoms with van der Waals surface area (Å²) in [7, 11) is 0. The molecule has 2 heterocycles. The highest BCUT2D eigenvalue weighted by atomic mass is 32.1. The number of rotatable bonds is 6. The number of esters is 1. The van der Waals surface area contributed by atoms with E-state index in [0.717, 1.165) is 22.2 Å². The van der Waals surface area contributed by atoms with E-state index in [1.165, 1.54) is 35.6 Å². The molecule has 7 heteroatoms. The van der Waals surface area contributed by atoms with E-state index in [2.05, 4.69) is 4.98 Å². The van der Waals surface area contributed by atoms with Crippen LogP contribution in [0.4, 0.5) is 4.39 Å². The van der Waals surface area contributed by atoms with Crippen molar-refractivity contribution in [3.8, 4) is 5.13 Å². The Kier molecular flexibility index (Phi) is 5.51. The summed E-state index contributed by atoms with van der Waals surface area (Å²) in [4.78, 5) is 28.9. The maximum Gasteiger partial charge on any atom is 0.310 e. The van der Waals surface area contributed by atoms with Crippen molar-refractivity contribution in [2.45, 2.75) is 27.2 Å². The van der Waals surface area contributed by atoms with Crippen molar-refractivity contribution in [3.63, 3.8) is 0 Å². The van der Waals surface area contributed by atoms with Gasteiger partial charge in [0.25, 0.3) is 0 Å². The van der Waals surface area contributed by atoms with Gasteiger partial charge in [0.05, 0.1) is 12.1 Å². The summed E-state index contributed by atoms with van der Waals surface area (Å²) in [6, 6.07) is 7.37. The Morgan fingerprint density at radius 1 is 1.19 bits per heavy atom. The van der Waals surface area contributed by atoms with E-state index in [9.17, 15) is 14.0 Å². The predicted molar refractivity (Wildman–Crippen MR) is 101 cm³/mol. The first-order chi connectivity index (χ1) is 12.8. The van der Waals surface area contributed by atoms with Crippen LogP contribution in [0.5, 0.6) is 0 Å². The molecule has 0 aliphatic heterocycles. The summed E-state index contributed by atoms with van der Waals surface area (Å²) in [5, 5.41) is 2.75. The van der Waals surface area contributed by atoms with Crippen LogP contribution in [-0.4, -0.2) is 27.9 Å². The van der Waals surface area contributed by atoms with Gasteiger partial charge in [0.15, 0.2) is 11.7 Å². The fourth-order valence-corrected chi connectivity index (χ4v) is 3.74. The third-order valence-corrected chi connectivity index (χ3v) is 5.10. The number of carbonyl (C=O) groups is 2. The van der Waals surface area contributed by atoms with Crippen LogP contribution in [0.3, 0.4) is 0 Å². The van der Waals surface area contributed by atoms with E-state index in [1.807, 2.05) is 30.7 Å². The monoisotopic (exact) mass is 386 g/mol. The van der Waals surface area contributed by atoms with Crippen LogP contribution in [0.2, 0.25) is 0 Å². The second kappa shape index (κ2) is 7.84. The highest BCUT2D eigenvalue weighted by Crippen LogP contribution is 2.23.